The molecule has 0 fully saturated rings. The Kier molecular flexibility index (Phi) is 8.93. The summed E-state index contributed by atoms with van der Waals surface area (Å²) in [7, 11) is 1.28. The van der Waals surface area contributed by atoms with Crippen molar-refractivity contribution in [1.29, 1.82) is 5.26 Å². The monoisotopic (exact) mass is 456 g/mol. The quantitative estimate of drug-likeness (QED) is 0.269. The van der Waals surface area contributed by atoms with Crippen LogP contribution in [0.25, 0.3) is 6.08 Å². The minimum Gasteiger partial charge on any atom is -0.481 e. The number of esters is 1. The highest BCUT2D eigenvalue weighted by Gasteiger charge is 2.10. The van der Waals surface area contributed by atoms with Crippen molar-refractivity contribution in [3.63, 3.8) is 0 Å². The Labute approximate surface area is 178 Å². The zero-order chi connectivity index (χ0) is 21.1. The van der Waals surface area contributed by atoms with Gasteiger partial charge in [0, 0.05) is 6.54 Å². The molecule has 150 valence electrons. The third-order valence-corrected chi connectivity index (χ3v) is 4.60. The van der Waals surface area contributed by atoms with Gasteiger partial charge in [-0.3, -0.25) is 4.79 Å². The number of hydrogen-bond acceptors (Lipinski definition) is 5. The summed E-state index contributed by atoms with van der Waals surface area (Å²) in [5.41, 5.74) is 1.87. The fourth-order valence-electron chi connectivity index (χ4n) is 2.47. The van der Waals surface area contributed by atoms with Crippen molar-refractivity contribution in [2.75, 3.05) is 20.3 Å². The van der Waals surface area contributed by atoms with E-state index in [1.807, 2.05) is 36.4 Å². The van der Waals surface area contributed by atoms with Crippen LogP contribution in [0, 0.1) is 11.3 Å². The zero-order valence-electron chi connectivity index (χ0n) is 16.0. The fourth-order valence-corrected chi connectivity index (χ4v) is 2.98. The number of nitrogens with one attached hydrogen (secondary N) is 1. The minimum atomic E-state index is -0.489. The Morgan fingerprint density at radius 3 is 2.62 bits per heavy atom. The number of nitriles is 1. The van der Waals surface area contributed by atoms with Crippen LogP contribution in [-0.2, 0) is 20.7 Å². The van der Waals surface area contributed by atoms with Crippen molar-refractivity contribution in [3.05, 3.63) is 69.7 Å². The Balaban J connectivity index is 1.92. The second-order valence-corrected chi connectivity index (χ2v) is 6.92. The highest BCUT2D eigenvalue weighted by molar-refractivity contribution is 9.10. The molecule has 2 aromatic carbocycles. The van der Waals surface area contributed by atoms with Gasteiger partial charge in [0.15, 0.2) is 6.61 Å². The predicted molar refractivity (Wildman–Crippen MR) is 113 cm³/mol. The van der Waals surface area contributed by atoms with E-state index in [0.717, 1.165) is 12.8 Å². The molecule has 2 rings (SSSR count). The summed E-state index contributed by atoms with van der Waals surface area (Å²) >= 11 is 3.35. The summed E-state index contributed by atoms with van der Waals surface area (Å²) in [6.07, 6.45) is 3.14. The molecule has 0 atom stereocenters. The Bertz CT molecular complexity index is 920. The molecule has 0 aliphatic carbocycles. The zero-order valence-corrected chi connectivity index (χ0v) is 17.6. The number of ether oxygens (including phenoxy) is 2. The molecule has 1 N–H and O–H groups in total. The molecular weight excluding hydrogens is 436 g/mol. The van der Waals surface area contributed by atoms with Gasteiger partial charge < -0.3 is 14.8 Å². The number of carbonyl (C=O) groups excluding carboxylic acids is 2. The molecule has 0 aromatic heterocycles. The molecule has 0 radical (unpaired) electrons. The number of aryl methyl sites for hydroxylation is 1. The van der Waals surface area contributed by atoms with Gasteiger partial charge in [-0.1, -0.05) is 36.4 Å². The molecule has 0 heterocycles. The lowest BCUT2D eigenvalue weighted by Gasteiger charge is -2.08. The van der Waals surface area contributed by atoms with Gasteiger partial charge in [-0.15, -0.1) is 0 Å². The average Bonchev–Trinajstić information content (AvgIpc) is 2.74. The lowest BCUT2D eigenvalue weighted by atomic mass is 10.1. The first-order valence-electron chi connectivity index (χ1n) is 8.96. The van der Waals surface area contributed by atoms with E-state index in [9.17, 15) is 14.9 Å². The highest BCUT2D eigenvalue weighted by Crippen LogP contribution is 2.27. The first kappa shape index (κ1) is 22.2. The molecule has 0 aliphatic heterocycles. The first-order chi connectivity index (χ1) is 14.0. The lowest BCUT2D eigenvalue weighted by Crippen LogP contribution is -2.25. The second kappa shape index (κ2) is 11.7. The largest absolute Gasteiger partial charge is 0.481 e. The normalized spacial score (nSPS) is 10.7. The molecule has 0 saturated carbocycles. The van der Waals surface area contributed by atoms with Crippen molar-refractivity contribution in [2.24, 2.45) is 0 Å². The average molecular weight is 457 g/mol. The van der Waals surface area contributed by atoms with Gasteiger partial charge in [-0.05, 0) is 58.1 Å². The highest BCUT2D eigenvalue weighted by atomic mass is 79.9. The summed E-state index contributed by atoms with van der Waals surface area (Å²) in [5, 5.41) is 12.1. The molecule has 7 heteroatoms. The third kappa shape index (κ3) is 7.43. The summed E-state index contributed by atoms with van der Waals surface area (Å²) in [6.45, 7) is 0.274. The molecule has 0 unspecified atom stereocenters. The van der Waals surface area contributed by atoms with Gasteiger partial charge in [0.25, 0.3) is 5.91 Å². The van der Waals surface area contributed by atoms with Crippen LogP contribution in [0.5, 0.6) is 5.75 Å². The van der Waals surface area contributed by atoms with Crippen LogP contribution < -0.4 is 10.1 Å². The van der Waals surface area contributed by atoms with E-state index in [4.69, 9.17) is 4.74 Å². The van der Waals surface area contributed by atoms with Crippen molar-refractivity contribution < 1.29 is 19.1 Å². The standard InChI is InChI=1S/C22H21BrN2O4/c1-28-21(26)15-29-20-10-9-17(13-19(20)23)12-18(14-24)22(27)25-11-5-8-16-6-3-2-4-7-16/h2-4,6-7,9-10,12-13H,5,8,11,15H2,1H3,(H,25,27)/b18-12-. The van der Waals surface area contributed by atoms with Gasteiger partial charge in [0.1, 0.15) is 17.4 Å². The molecule has 0 bridgehead atoms. The number of hydrogen-bond donors (Lipinski definition) is 1. The molecule has 0 spiro atoms. The number of carbonyl (C=O) groups is 2. The van der Waals surface area contributed by atoms with Gasteiger partial charge in [-0.25, -0.2) is 4.79 Å². The number of halogens is 1. The SMILES string of the molecule is COC(=O)COc1ccc(/C=C(/C#N)C(=O)NCCCc2ccccc2)cc1Br. The van der Waals surface area contributed by atoms with Gasteiger partial charge in [0.05, 0.1) is 11.6 Å². The van der Waals surface area contributed by atoms with Crippen molar-refractivity contribution in [3.8, 4) is 11.8 Å². The molecule has 1 amide bonds. The molecule has 2 aromatic rings. The first-order valence-corrected chi connectivity index (χ1v) is 9.76. The number of methoxy groups -OCH3 is 1. The summed E-state index contributed by atoms with van der Waals surface area (Å²) < 4.78 is 10.5. The second-order valence-electron chi connectivity index (χ2n) is 6.07. The van der Waals surface area contributed by atoms with E-state index in [1.165, 1.54) is 18.7 Å². The van der Waals surface area contributed by atoms with Crippen LogP contribution in [0.15, 0.2) is 58.6 Å². The van der Waals surface area contributed by atoms with E-state index in [1.54, 1.807) is 18.2 Å². The Morgan fingerprint density at radius 2 is 1.97 bits per heavy atom. The van der Waals surface area contributed by atoms with Gasteiger partial charge >= 0.3 is 5.97 Å². The maximum absolute atomic E-state index is 12.3. The number of nitrogens with zero attached hydrogens (tertiary/aromatic N) is 1. The molecule has 6 nitrogen and oxygen atoms in total. The van der Waals surface area contributed by atoms with Crippen LogP contribution >= 0.6 is 15.9 Å². The van der Waals surface area contributed by atoms with Gasteiger partial charge in [0.2, 0.25) is 0 Å². The lowest BCUT2D eigenvalue weighted by molar-refractivity contribution is -0.142. The number of benzene rings is 2. The minimum absolute atomic E-state index is 0.0137. The van der Waals surface area contributed by atoms with Crippen molar-refractivity contribution >= 4 is 33.9 Å². The van der Waals surface area contributed by atoms with Crippen LogP contribution in [0.1, 0.15) is 17.5 Å². The Hall–Kier alpha value is -3.11. The molecule has 0 saturated heterocycles. The summed E-state index contributed by atoms with van der Waals surface area (Å²) in [5.74, 6) is -0.448. The van der Waals surface area contributed by atoms with Crippen molar-refractivity contribution in [2.45, 2.75) is 12.8 Å². The molecule has 29 heavy (non-hydrogen) atoms. The molecule has 0 aliphatic rings. The topological polar surface area (TPSA) is 88.4 Å². The van der Waals surface area contributed by atoms with E-state index in [0.29, 0.717) is 22.3 Å². The Morgan fingerprint density at radius 1 is 1.21 bits per heavy atom. The van der Waals surface area contributed by atoms with Crippen molar-refractivity contribution in [1.82, 2.24) is 5.32 Å². The van der Waals surface area contributed by atoms with E-state index in [2.05, 4.69) is 26.0 Å². The van der Waals surface area contributed by atoms with E-state index in [-0.39, 0.29) is 12.2 Å². The third-order valence-electron chi connectivity index (χ3n) is 3.98. The maximum atomic E-state index is 12.3. The molecular formula is C22H21BrN2O4. The maximum Gasteiger partial charge on any atom is 0.343 e. The fraction of sp³-hybridized carbons (Fsp3) is 0.227. The predicted octanol–water partition coefficient (Wildman–Crippen LogP) is 3.66. The van der Waals surface area contributed by atoms with Crippen LogP contribution in [0.2, 0.25) is 0 Å². The summed E-state index contributed by atoms with van der Waals surface area (Å²) in [6, 6.07) is 17.0. The number of amides is 1. The van der Waals surface area contributed by atoms with E-state index < -0.39 is 11.9 Å². The number of rotatable bonds is 9. The van der Waals surface area contributed by atoms with Crippen LogP contribution in [0.4, 0.5) is 0 Å². The van der Waals surface area contributed by atoms with Gasteiger partial charge in [-0.2, -0.15) is 5.26 Å². The van der Waals surface area contributed by atoms with E-state index >= 15 is 0 Å². The summed E-state index contributed by atoms with van der Waals surface area (Å²) in [4.78, 5) is 23.4. The smallest absolute Gasteiger partial charge is 0.343 e. The van der Waals surface area contributed by atoms with Crippen LogP contribution in [0.3, 0.4) is 0 Å². The van der Waals surface area contributed by atoms with Crippen LogP contribution in [-0.4, -0.2) is 32.1 Å².